The Morgan fingerprint density at radius 1 is 1.53 bits per heavy atom. The van der Waals surface area contributed by atoms with Crippen LogP contribution >= 0.6 is 15.9 Å². The quantitative estimate of drug-likeness (QED) is 0.804. The zero-order valence-electron chi connectivity index (χ0n) is 9.60. The van der Waals surface area contributed by atoms with Crippen LogP contribution in [0.3, 0.4) is 0 Å². The molecule has 0 fully saturated rings. The first-order chi connectivity index (χ1) is 7.05. The number of benzene rings is 1. The second-order valence-electron chi connectivity index (χ2n) is 4.80. The molecule has 1 aromatic carbocycles. The largest absolute Gasteiger partial charge is 0.379 e. The monoisotopic (exact) mass is 267 g/mol. The number of fused-ring (bicyclic) bond motifs is 1. The van der Waals surface area contributed by atoms with E-state index in [0.717, 1.165) is 0 Å². The Morgan fingerprint density at radius 2 is 2.27 bits per heavy atom. The predicted octanol–water partition coefficient (Wildman–Crippen LogP) is 4.22. The molecule has 82 valence electrons. The molecule has 0 saturated carbocycles. The highest BCUT2D eigenvalue weighted by Crippen LogP contribution is 2.37. The van der Waals surface area contributed by atoms with Crippen molar-refractivity contribution in [1.29, 1.82) is 0 Å². The van der Waals surface area contributed by atoms with E-state index >= 15 is 0 Å². The van der Waals surface area contributed by atoms with Gasteiger partial charge < -0.3 is 5.32 Å². The highest BCUT2D eigenvalue weighted by Gasteiger charge is 2.33. The maximum atomic E-state index is 3.68. The second kappa shape index (κ2) is 3.82. The first-order valence-electron chi connectivity index (χ1n) is 5.62. The Balaban J connectivity index is 2.38. The molecule has 1 N–H and O–H groups in total. The second-order valence-corrected chi connectivity index (χ2v) is 5.72. The number of hydrogen-bond donors (Lipinski definition) is 1. The van der Waals surface area contributed by atoms with Gasteiger partial charge in [-0.25, -0.2) is 0 Å². The lowest BCUT2D eigenvalue weighted by molar-refractivity contribution is 0.323. The SMILES string of the molecule is CCC1(C)Nc2ccc(Br)cc2CC1C. The Bertz CT molecular complexity index is 375. The lowest BCUT2D eigenvalue weighted by atomic mass is 9.77. The van der Waals surface area contributed by atoms with E-state index in [0.29, 0.717) is 5.92 Å². The van der Waals surface area contributed by atoms with E-state index < -0.39 is 0 Å². The first-order valence-corrected chi connectivity index (χ1v) is 6.41. The average Bonchev–Trinajstić information content (AvgIpc) is 2.20. The van der Waals surface area contributed by atoms with E-state index in [-0.39, 0.29) is 5.54 Å². The molecule has 1 nitrogen and oxygen atoms in total. The number of nitrogens with one attached hydrogen (secondary N) is 1. The van der Waals surface area contributed by atoms with Gasteiger partial charge in [-0.05, 0) is 49.4 Å². The van der Waals surface area contributed by atoms with Crippen molar-refractivity contribution >= 4 is 21.6 Å². The first kappa shape index (κ1) is 11.0. The third kappa shape index (κ3) is 1.92. The van der Waals surface area contributed by atoms with Crippen LogP contribution in [0.2, 0.25) is 0 Å². The van der Waals surface area contributed by atoms with Gasteiger partial charge in [-0.15, -0.1) is 0 Å². The Morgan fingerprint density at radius 3 is 2.93 bits per heavy atom. The molecule has 0 saturated heterocycles. The van der Waals surface area contributed by atoms with Crippen LogP contribution in [0.1, 0.15) is 32.8 Å². The molecule has 0 bridgehead atoms. The van der Waals surface area contributed by atoms with E-state index in [1.165, 1.54) is 28.6 Å². The van der Waals surface area contributed by atoms with Gasteiger partial charge in [0.05, 0.1) is 0 Å². The standard InChI is InChI=1S/C13H18BrN/c1-4-13(3)9(2)7-10-8-11(14)5-6-12(10)15-13/h5-6,8-9,15H,4,7H2,1-3H3. The zero-order chi connectivity index (χ0) is 11.1. The molecule has 2 heteroatoms. The molecule has 0 aromatic heterocycles. The van der Waals surface area contributed by atoms with Crippen molar-refractivity contribution in [3.63, 3.8) is 0 Å². The van der Waals surface area contributed by atoms with Crippen molar-refractivity contribution in [3.05, 3.63) is 28.2 Å². The van der Waals surface area contributed by atoms with E-state index in [2.05, 4.69) is 60.2 Å². The normalized spacial score (nSPS) is 29.5. The van der Waals surface area contributed by atoms with Gasteiger partial charge in [0, 0.05) is 15.7 Å². The van der Waals surface area contributed by atoms with Gasteiger partial charge >= 0.3 is 0 Å². The van der Waals surface area contributed by atoms with Crippen molar-refractivity contribution in [2.75, 3.05) is 5.32 Å². The lowest BCUT2D eigenvalue weighted by Gasteiger charge is -2.42. The summed E-state index contributed by atoms with van der Waals surface area (Å²) in [6, 6.07) is 6.52. The van der Waals surface area contributed by atoms with Gasteiger partial charge in [-0.1, -0.05) is 29.8 Å². The van der Waals surface area contributed by atoms with Gasteiger partial charge in [0.15, 0.2) is 0 Å². The third-order valence-corrected chi connectivity index (χ3v) is 4.33. The summed E-state index contributed by atoms with van der Waals surface area (Å²) in [7, 11) is 0. The van der Waals surface area contributed by atoms with Crippen LogP contribution in [0, 0.1) is 5.92 Å². The average molecular weight is 268 g/mol. The summed E-state index contributed by atoms with van der Waals surface area (Å²) in [5.74, 6) is 0.685. The molecule has 0 radical (unpaired) electrons. The van der Waals surface area contributed by atoms with E-state index in [1.807, 2.05) is 0 Å². The lowest BCUT2D eigenvalue weighted by Crippen LogP contribution is -2.45. The topological polar surface area (TPSA) is 12.0 Å². The van der Waals surface area contributed by atoms with Crippen molar-refractivity contribution in [2.45, 2.75) is 39.2 Å². The Hall–Kier alpha value is -0.500. The molecule has 15 heavy (non-hydrogen) atoms. The number of rotatable bonds is 1. The molecular weight excluding hydrogens is 250 g/mol. The molecule has 2 atom stereocenters. The molecule has 1 aromatic rings. The van der Waals surface area contributed by atoms with Crippen molar-refractivity contribution < 1.29 is 0 Å². The van der Waals surface area contributed by atoms with Gasteiger partial charge in [-0.3, -0.25) is 0 Å². The van der Waals surface area contributed by atoms with Gasteiger partial charge in [-0.2, -0.15) is 0 Å². The molecular formula is C13H18BrN. The summed E-state index contributed by atoms with van der Waals surface area (Å²) in [6.07, 6.45) is 2.34. The van der Waals surface area contributed by atoms with E-state index in [4.69, 9.17) is 0 Å². The fourth-order valence-corrected chi connectivity index (χ4v) is 2.68. The number of halogens is 1. The minimum Gasteiger partial charge on any atom is -0.379 e. The molecule has 1 aliphatic rings. The molecule has 1 heterocycles. The molecule has 2 rings (SSSR count). The third-order valence-electron chi connectivity index (χ3n) is 3.84. The maximum absolute atomic E-state index is 3.68. The van der Waals surface area contributed by atoms with Crippen LogP contribution in [-0.4, -0.2) is 5.54 Å². The van der Waals surface area contributed by atoms with E-state index in [9.17, 15) is 0 Å². The van der Waals surface area contributed by atoms with Crippen molar-refractivity contribution in [2.24, 2.45) is 5.92 Å². The Labute approximate surface area is 100 Å². The molecule has 2 unspecified atom stereocenters. The molecule has 0 aliphatic carbocycles. The summed E-state index contributed by atoms with van der Waals surface area (Å²) >= 11 is 3.53. The number of anilines is 1. The predicted molar refractivity (Wildman–Crippen MR) is 69.3 cm³/mol. The van der Waals surface area contributed by atoms with Crippen LogP contribution < -0.4 is 5.32 Å². The van der Waals surface area contributed by atoms with Crippen LogP contribution in [0.15, 0.2) is 22.7 Å². The minimum atomic E-state index is 0.251. The van der Waals surface area contributed by atoms with Crippen LogP contribution in [0.4, 0.5) is 5.69 Å². The summed E-state index contributed by atoms with van der Waals surface area (Å²) in [5.41, 5.74) is 2.99. The maximum Gasteiger partial charge on any atom is 0.0377 e. The van der Waals surface area contributed by atoms with Crippen molar-refractivity contribution in [1.82, 2.24) is 0 Å². The molecule has 0 amide bonds. The summed E-state index contributed by atoms with van der Waals surface area (Å²) < 4.78 is 1.18. The summed E-state index contributed by atoms with van der Waals surface area (Å²) in [5, 5.41) is 3.68. The highest BCUT2D eigenvalue weighted by atomic mass is 79.9. The molecule has 0 spiro atoms. The fourth-order valence-electron chi connectivity index (χ4n) is 2.28. The summed E-state index contributed by atoms with van der Waals surface area (Å²) in [4.78, 5) is 0. The van der Waals surface area contributed by atoms with E-state index in [1.54, 1.807) is 0 Å². The fraction of sp³-hybridized carbons (Fsp3) is 0.538. The van der Waals surface area contributed by atoms with Gasteiger partial charge in [0.1, 0.15) is 0 Å². The van der Waals surface area contributed by atoms with Gasteiger partial charge in [0.2, 0.25) is 0 Å². The smallest absolute Gasteiger partial charge is 0.0377 e. The zero-order valence-corrected chi connectivity index (χ0v) is 11.2. The summed E-state index contributed by atoms with van der Waals surface area (Å²) in [6.45, 7) is 6.91. The van der Waals surface area contributed by atoms with Crippen LogP contribution in [0.25, 0.3) is 0 Å². The van der Waals surface area contributed by atoms with Crippen LogP contribution in [0.5, 0.6) is 0 Å². The minimum absolute atomic E-state index is 0.251. The Kier molecular flexibility index (Phi) is 2.80. The molecule has 1 aliphatic heterocycles. The highest BCUT2D eigenvalue weighted by molar-refractivity contribution is 9.10. The van der Waals surface area contributed by atoms with Crippen LogP contribution in [-0.2, 0) is 6.42 Å². The van der Waals surface area contributed by atoms with Gasteiger partial charge in [0.25, 0.3) is 0 Å². The van der Waals surface area contributed by atoms with Crippen molar-refractivity contribution in [3.8, 4) is 0 Å². The number of hydrogen-bond acceptors (Lipinski definition) is 1.